The van der Waals surface area contributed by atoms with Crippen molar-refractivity contribution in [3.8, 4) is 11.1 Å². The highest BCUT2D eigenvalue weighted by Gasteiger charge is 2.36. The Morgan fingerprint density at radius 3 is 1.72 bits per heavy atom. The summed E-state index contributed by atoms with van der Waals surface area (Å²) in [6.45, 7) is 4.68. The molecule has 2 heteroatoms. The van der Waals surface area contributed by atoms with Gasteiger partial charge in [-0.1, -0.05) is 123 Å². The second-order valence-electron chi connectivity index (χ2n) is 11.6. The number of para-hydroxylation sites is 3. The fraction of sp³-hybridized carbons (Fsp3) is 0.0732. The van der Waals surface area contributed by atoms with Crippen LogP contribution < -0.4 is 10.2 Å². The van der Waals surface area contributed by atoms with Gasteiger partial charge >= 0.3 is 0 Å². The van der Waals surface area contributed by atoms with Crippen LogP contribution in [0.2, 0.25) is 0 Å². The molecule has 7 rings (SSSR count). The lowest BCUT2D eigenvalue weighted by atomic mass is 9.73. The highest BCUT2D eigenvalue weighted by molar-refractivity contribution is 5.87. The first-order valence-corrected chi connectivity index (χ1v) is 14.9. The van der Waals surface area contributed by atoms with E-state index in [9.17, 15) is 0 Å². The Hall–Kier alpha value is -5.34. The van der Waals surface area contributed by atoms with Crippen molar-refractivity contribution in [1.82, 2.24) is 0 Å². The molecule has 0 aromatic heterocycles. The second kappa shape index (κ2) is 11.2. The summed E-state index contributed by atoms with van der Waals surface area (Å²) in [4.78, 5) is 2.40. The van der Waals surface area contributed by atoms with E-state index in [2.05, 4.69) is 170 Å². The van der Waals surface area contributed by atoms with Gasteiger partial charge in [0.05, 0.1) is 11.4 Å². The number of hydrogen-bond donors (Lipinski definition) is 1. The van der Waals surface area contributed by atoms with E-state index in [0.29, 0.717) is 0 Å². The van der Waals surface area contributed by atoms with E-state index in [1.165, 1.54) is 50.4 Å². The van der Waals surface area contributed by atoms with Crippen molar-refractivity contribution in [2.45, 2.75) is 19.3 Å². The van der Waals surface area contributed by atoms with Gasteiger partial charge in [0.1, 0.15) is 0 Å². The van der Waals surface area contributed by atoms with Gasteiger partial charge in [-0.2, -0.15) is 0 Å². The molecule has 0 radical (unpaired) electrons. The number of anilines is 5. The monoisotopic (exact) mass is 554 g/mol. The Morgan fingerprint density at radius 2 is 1.02 bits per heavy atom. The van der Waals surface area contributed by atoms with Gasteiger partial charge in [-0.15, -0.1) is 0 Å². The zero-order chi connectivity index (χ0) is 29.2. The van der Waals surface area contributed by atoms with Crippen LogP contribution in [0.3, 0.4) is 0 Å². The number of nitrogens with zero attached hydrogens (tertiary/aromatic N) is 1. The SMILES string of the molecule is CC1(C)c2ccccc2N(c2ccccc2)c2ccc(-c3ccc(/C=C/c4ccc(Nc5ccccc5)cc4)cc3)cc21. The molecule has 0 fully saturated rings. The molecular formula is C41H34N2. The number of fused-ring (bicyclic) bond motifs is 2. The summed E-state index contributed by atoms with van der Waals surface area (Å²) >= 11 is 0. The predicted molar refractivity (Wildman–Crippen MR) is 184 cm³/mol. The van der Waals surface area contributed by atoms with Crippen molar-refractivity contribution in [2.24, 2.45) is 0 Å². The minimum Gasteiger partial charge on any atom is -0.356 e. The van der Waals surface area contributed by atoms with E-state index in [-0.39, 0.29) is 5.41 Å². The summed E-state index contributed by atoms with van der Waals surface area (Å²) in [5.41, 5.74) is 13.2. The maximum absolute atomic E-state index is 3.44. The first kappa shape index (κ1) is 26.6. The summed E-state index contributed by atoms with van der Waals surface area (Å²) in [6.07, 6.45) is 4.34. The fourth-order valence-corrected chi connectivity index (χ4v) is 6.08. The number of benzene rings is 6. The van der Waals surface area contributed by atoms with Gasteiger partial charge < -0.3 is 10.2 Å². The number of rotatable bonds is 6. The van der Waals surface area contributed by atoms with Crippen LogP contribution >= 0.6 is 0 Å². The summed E-state index contributed by atoms with van der Waals surface area (Å²) in [5, 5.41) is 3.44. The Balaban J connectivity index is 1.14. The summed E-state index contributed by atoms with van der Waals surface area (Å²) in [6, 6.07) is 54.0. The van der Waals surface area contributed by atoms with E-state index < -0.39 is 0 Å². The quantitative estimate of drug-likeness (QED) is 0.206. The van der Waals surface area contributed by atoms with Crippen molar-refractivity contribution < 1.29 is 0 Å². The molecule has 0 saturated heterocycles. The Bertz CT molecular complexity index is 1880. The molecule has 1 aliphatic rings. The van der Waals surface area contributed by atoms with E-state index in [4.69, 9.17) is 0 Å². The van der Waals surface area contributed by atoms with Gasteiger partial charge in [0.2, 0.25) is 0 Å². The standard InChI is InChI=1S/C41H34N2/c1-41(2)37-15-9-10-16-39(37)43(36-13-7-4-8-14-36)40-28-25-33(29-38(40)41)32-23-19-30(20-24-32)17-18-31-21-26-35(27-22-31)42-34-11-5-3-6-12-34/h3-29,42H,1-2H3/b18-17+. The summed E-state index contributed by atoms with van der Waals surface area (Å²) < 4.78 is 0. The van der Waals surface area contributed by atoms with E-state index in [0.717, 1.165) is 11.4 Å². The lowest BCUT2D eigenvalue weighted by Crippen LogP contribution is -2.30. The van der Waals surface area contributed by atoms with Crippen LogP contribution in [0.1, 0.15) is 36.1 Å². The average molecular weight is 555 g/mol. The van der Waals surface area contributed by atoms with Crippen LogP contribution in [0.4, 0.5) is 28.4 Å². The molecule has 0 spiro atoms. The molecule has 6 aromatic rings. The second-order valence-corrected chi connectivity index (χ2v) is 11.6. The third-order valence-electron chi connectivity index (χ3n) is 8.43. The van der Waals surface area contributed by atoms with Crippen molar-refractivity contribution in [2.75, 3.05) is 10.2 Å². The van der Waals surface area contributed by atoms with Crippen molar-refractivity contribution in [3.05, 3.63) is 174 Å². The van der Waals surface area contributed by atoms with Crippen LogP contribution in [0.25, 0.3) is 23.3 Å². The average Bonchev–Trinajstić information content (AvgIpc) is 3.06. The highest BCUT2D eigenvalue weighted by Crippen LogP contribution is 2.52. The fourth-order valence-electron chi connectivity index (χ4n) is 6.08. The molecule has 43 heavy (non-hydrogen) atoms. The topological polar surface area (TPSA) is 15.3 Å². The van der Waals surface area contributed by atoms with E-state index >= 15 is 0 Å². The zero-order valence-electron chi connectivity index (χ0n) is 24.5. The largest absolute Gasteiger partial charge is 0.356 e. The first-order chi connectivity index (χ1) is 21.1. The third kappa shape index (κ3) is 5.24. The van der Waals surface area contributed by atoms with Crippen molar-refractivity contribution in [1.29, 1.82) is 0 Å². The summed E-state index contributed by atoms with van der Waals surface area (Å²) in [7, 11) is 0. The normalized spacial score (nSPS) is 13.4. The predicted octanol–water partition coefficient (Wildman–Crippen LogP) is 11.4. The van der Waals surface area contributed by atoms with Gasteiger partial charge in [-0.3, -0.25) is 0 Å². The Kier molecular flexibility index (Phi) is 6.89. The molecule has 0 aliphatic carbocycles. The van der Waals surface area contributed by atoms with Crippen molar-refractivity contribution >= 4 is 40.6 Å². The number of nitrogens with one attached hydrogen (secondary N) is 1. The van der Waals surface area contributed by atoms with E-state index in [1.807, 2.05) is 18.2 Å². The molecule has 2 nitrogen and oxygen atoms in total. The summed E-state index contributed by atoms with van der Waals surface area (Å²) in [5.74, 6) is 0. The molecule has 0 unspecified atom stereocenters. The third-order valence-corrected chi connectivity index (χ3v) is 8.43. The lowest BCUT2D eigenvalue weighted by molar-refractivity contribution is 0.632. The molecule has 0 atom stereocenters. The maximum Gasteiger partial charge on any atom is 0.0503 e. The smallest absolute Gasteiger partial charge is 0.0503 e. The molecule has 208 valence electrons. The molecule has 1 N–H and O–H groups in total. The van der Waals surface area contributed by atoms with Crippen LogP contribution in [0.15, 0.2) is 152 Å². The zero-order valence-corrected chi connectivity index (χ0v) is 24.5. The minimum atomic E-state index is -0.123. The van der Waals surface area contributed by atoms with Crippen LogP contribution in [0, 0.1) is 0 Å². The maximum atomic E-state index is 3.44. The molecule has 6 aromatic carbocycles. The van der Waals surface area contributed by atoms with Gasteiger partial charge in [0.25, 0.3) is 0 Å². The van der Waals surface area contributed by atoms with Crippen molar-refractivity contribution in [3.63, 3.8) is 0 Å². The van der Waals surface area contributed by atoms with Gasteiger partial charge in [0, 0.05) is 22.5 Å². The molecule has 0 bridgehead atoms. The van der Waals surface area contributed by atoms with Crippen LogP contribution in [0.5, 0.6) is 0 Å². The molecule has 0 amide bonds. The van der Waals surface area contributed by atoms with Gasteiger partial charge in [0.15, 0.2) is 0 Å². The number of hydrogen-bond acceptors (Lipinski definition) is 2. The van der Waals surface area contributed by atoms with Gasteiger partial charge in [-0.25, -0.2) is 0 Å². The first-order valence-electron chi connectivity index (χ1n) is 14.9. The molecule has 1 heterocycles. The minimum absolute atomic E-state index is 0.123. The highest BCUT2D eigenvalue weighted by atomic mass is 15.2. The van der Waals surface area contributed by atoms with E-state index in [1.54, 1.807) is 0 Å². The molecule has 1 aliphatic heterocycles. The molecular weight excluding hydrogens is 520 g/mol. The van der Waals surface area contributed by atoms with Crippen LogP contribution in [-0.4, -0.2) is 0 Å². The van der Waals surface area contributed by atoms with Crippen LogP contribution in [-0.2, 0) is 5.41 Å². The Morgan fingerprint density at radius 1 is 0.488 bits per heavy atom. The lowest BCUT2D eigenvalue weighted by Gasteiger charge is -2.42. The van der Waals surface area contributed by atoms with Gasteiger partial charge in [-0.05, 0) is 88.0 Å². The molecule has 0 saturated carbocycles. The Labute approximate surface area is 254 Å².